The molecule has 2 aromatic rings. The van der Waals surface area contributed by atoms with Gasteiger partial charge in [-0.05, 0) is 29.8 Å². The normalized spacial score (nSPS) is 10.3. The lowest BCUT2D eigenvalue weighted by molar-refractivity contribution is 0.442. The predicted octanol–water partition coefficient (Wildman–Crippen LogP) is 5.17. The van der Waals surface area contributed by atoms with Crippen LogP contribution in [0.5, 0.6) is 11.5 Å². The molecule has 17 heavy (non-hydrogen) atoms. The molecule has 0 atom stereocenters. The van der Waals surface area contributed by atoms with Crippen LogP contribution in [0.3, 0.4) is 0 Å². The Bertz CT molecular complexity index is 513. The maximum absolute atomic E-state index is 13.6. The van der Waals surface area contributed by atoms with E-state index in [1.54, 1.807) is 24.3 Å². The zero-order valence-corrected chi connectivity index (χ0v) is 11.1. The highest BCUT2D eigenvalue weighted by molar-refractivity contribution is 9.08. The average Bonchev–Trinajstić information content (AvgIpc) is 2.36. The Morgan fingerprint density at radius 1 is 1.12 bits per heavy atom. The fraction of sp³-hybridized carbons (Fsp3) is 0.0769. The Morgan fingerprint density at radius 2 is 1.82 bits per heavy atom. The van der Waals surface area contributed by atoms with Crippen molar-refractivity contribution in [2.24, 2.45) is 0 Å². The SMILES string of the molecule is Fc1c(Cl)cccc1Oc1ccc(CBr)cc1. The number of hydrogen-bond donors (Lipinski definition) is 0. The van der Waals surface area contributed by atoms with Gasteiger partial charge in [0.25, 0.3) is 0 Å². The van der Waals surface area contributed by atoms with Crippen LogP contribution in [0.4, 0.5) is 4.39 Å². The van der Waals surface area contributed by atoms with Crippen LogP contribution in [-0.2, 0) is 5.33 Å². The van der Waals surface area contributed by atoms with Crippen molar-refractivity contribution in [2.75, 3.05) is 0 Å². The van der Waals surface area contributed by atoms with Crippen LogP contribution in [0.25, 0.3) is 0 Å². The zero-order valence-electron chi connectivity index (χ0n) is 8.79. The van der Waals surface area contributed by atoms with Gasteiger partial charge in [0, 0.05) is 5.33 Å². The third kappa shape index (κ3) is 2.99. The largest absolute Gasteiger partial charge is 0.454 e. The molecular formula is C13H9BrClFO. The van der Waals surface area contributed by atoms with Crippen LogP contribution >= 0.6 is 27.5 Å². The van der Waals surface area contributed by atoms with Gasteiger partial charge < -0.3 is 4.74 Å². The Balaban J connectivity index is 2.22. The Kier molecular flexibility index (Phi) is 4.02. The van der Waals surface area contributed by atoms with E-state index in [0.29, 0.717) is 5.75 Å². The summed E-state index contributed by atoms with van der Waals surface area (Å²) in [5.74, 6) is 0.165. The van der Waals surface area contributed by atoms with Gasteiger partial charge in [0.05, 0.1) is 5.02 Å². The van der Waals surface area contributed by atoms with E-state index >= 15 is 0 Å². The van der Waals surface area contributed by atoms with Crippen molar-refractivity contribution < 1.29 is 9.13 Å². The average molecular weight is 316 g/mol. The first kappa shape index (κ1) is 12.4. The highest BCUT2D eigenvalue weighted by atomic mass is 79.9. The number of halogens is 3. The second kappa shape index (κ2) is 5.52. The molecule has 2 aromatic carbocycles. The van der Waals surface area contributed by atoms with E-state index in [1.165, 1.54) is 6.07 Å². The summed E-state index contributed by atoms with van der Waals surface area (Å²) in [7, 11) is 0. The van der Waals surface area contributed by atoms with Crippen molar-refractivity contribution in [3.8, 4) is 11.5 Å². The molecule has 0 aliphatic rings. The topological polar surface area (TPSA) is 9.23 Å². The molecule has 0 bridgehead atoms. The quantitative estimate of drug-likeness (QED) is 0.710. The third-order valence-corrected chi connectivity index (χ3v) is 3.16. The molecule has 1 nitrogen and oxygen atoms in total. The smallest absolute Gasteiger partial charge is 0.184 e. The number of rotatable bonds is 3. The maximum atomic E-state index is 13.6. The van der Waals surface area contributed by atoms with Gasteiger partial charge in [-0.25, -0.2) is 4.39 Å². The molecule has 0 aliphatic carbocycles. The van der Waals surface area contributed by atoms with E-state index in [2.05, 4.69) is 15.9 Å². The van der Waals surface area contributed by atoms with Gasteiger partial charge in [-0.15, -0.1) is 0 Å². The second-order valence-electron chi connectivity index (χ2n) is 3.43. The molecule has 0 unspecified atom stereocenters. The Morgan fingerprint density at radius 3 is 2.47 bits per heavy atom. The molecule has 88 valence electrons. The Hall–Kier alpha value is -1.06. The summed E-state index contributed by atoms with van der Waals surface area (Å²) in [5, 5.41) is 0.832. The minimum absolute atomic E-state index is 0.0552. The molecule has 0 fully saturated rings. The van der Waals surface area contributed by atoms with E-state index in [9.17, 15) is 4.39 Å². The van der Waals surface area contributed by atoms with Crippen molar-refractivity contribution >= 4 is 27.5 Å². The minimum atomic E-state index is -0.543. The van der Waals surface area contributed by atoms with Gasteiger partial charge in [0.15, 0.2) is 11.6 Å². The van der Waals surface area contributed by atoms with E-state index in [0.717, 1.165) is 10.9 Å². The first-order valence-electron chi connectivity index (χ1n) is 4.97. The lowest BCUT2D eigenvalue weighted by Crippen LogP contribution is -1.89. The molecule has 0 spiro atoms. The standard InChI is InChI=1S/C13H9BrClFO/c14-8-9-4-6-10(7-5-9)17-12-3-1-2-11(15)13(12)16/h1-7H,8H2. The van der Waals surface area contributed by atoms with Crippen LogP contribution in [0.15, 0.2) is 42.5 Å². The summed E-state index contributed by atoms with van der Waals surface area (Å²) in [6.45, 7) is 0. The number of hydrogen-bond acceptors (Lipinski definition) is 1. The van der Waals surface area contributed by atoms with E-state index in [-0.39, 0.29) is 10.8 Å². The van der Waals surface area contributed by atoms with Gasteiger partial charge in [0.2, 0.25) is 0 Å². The van der Waals surface area contributed by atoms with Crippen LogP contribution in [-0.4, -0.2) is 0 Å². The molecule has 4 heteroatoms. The van der Waals surface area contributed by atoms with Gasteiger partial charge in [-0.1, -0.05) is 45.7 Å². The molecule has 0 N–H and O–H groups in total. The van der Waals surface area contributed by atoms with Gasteiger partial charge in [0.1, 0.15) is 5.75 Å². The molecule has 0 radical (unpaired) electrons. The molecule has 0 saturated carbocycles. The van der Waals surface area contributed by atoms with Crippen molar-refractivity contribution in [1.82, 2.24) is 0 Å². The number of ether oxygens (including phenoxy) is 1. The number of benzene rings is 2. The van der Waals surface area contributed by atoms with Crippen LogP contribution in [0.1, 0.15) is 5.56 Å². The van der Waals surface area contributed by atoms with Gasteiger partial charge in [-0.2, -0.15) is 0 Å². The monoisotopic (exact) mass is 314 g/mol. The summed E-state index contributed by atoms with van der Waals surface area (Å²) in [6, 6.07) is 12.1. The van der Waals surface area contributed by atoms with Crippen molar-refractivity contribution in [3.05, 3.63) is 58.9 Å². The van der Waals surface area contributed by atoms with Crippen molar-refractivity contribution in [1.29, 1.82) is 0 Å². The molecular weight excluding hydrogens is 306 g/mol. The first-order chi connectivity index (χ1) is 8.20. The fourth-order valence-electron chi connectivity index (χ4n) is 1.34. The summed E-state index contributed by atoms with van der Waals surface area (Å²) in [5.41, 5.74) is 1.13. The molecule has 0 amide bonds. The molecule has 0 heterocycles. The van der Waals surface area contributed by atoms with Crippen molar-refractivity contribution in [3.63, 3.8) is 0 Å². The van der Waals surface area contributed by atoms with Crippen LogP contribution < -0.4 is 4.74 Å². The molecule has 0 aliphatic heterocycles. The second-order valence-corrected chi connectivity index (χ2v) is 4.40. The summed E-state index contributed by atoms with van der Waals surface area (Å²) < 4.78 is 19.0. The summed E-state index contributed by atoms with van der Waals surface area (Å²) in [4.78, 5) is 0. The van der Waals surface area contributed by atoms with E-state index in [4.69, 9.17) is 16.3 Å². The predicted molar refractivity (Wildman–Crippen MR) is 70.6 cm³/mol. The zero-order chi connectivity index (χ0) is 12.3. The van der Waals surface area contributed by atoms with Crippen molar-refractivity contribution in [2.45, 2.75) is 5.33 Å². The van der Waals surface area contributed by atoms with E-state index in [1.807, 2.05) is 12.1 Å². The maximum Gasteiger partial charge on any atom is 0.184 e. The fourth-order valence-corrected chi connectivity index (χ4v) is 1.88. The summed E-state index contributed by atoms with van der Waals surface area (Å²) >= 11 is 9.02. The lowest BCUT2D eigenvalue weighted by Gasteiger charge is -2.07. The first-order valence-corrected chi connectivity index (χ1v) is 6.47. The molecule has 0 aromatic heterocycles. The van der Waals surface area contributed by atoms with E-state index < -0.39 is 5.82 Å². The molecule has 0 saturated heterocycles. The Labute approximate surface area is 112 Å². The lowest BCUT2D eigenvalue weighted by atomic mass is 10.2. The third-order valence-electron chi connectivity index (χ3n) is 2.22. The minimum Gasteiger partial charge on any atom is -0.454 e. The number of alkyl halides is 1. The highest BCUT2D eigenvalue weighted by Gasteiger charge is 2.08. The van der Waals surface area contributed by atoms with Crippen LogP contribution in [0.2, 0.25) is 5.02 Å². The van der Waals surface area contributed by atoms with Gasteiger partial charge in [-0.3, -0.25) is 0 Å². The molecule has 2 rings (SSSR count). The van der Waals surface area contributed by atoms with Gasteiger partial charge >= 0.3 is 0 Å². The highest BCUT2D eigenvalue weighted by Crippen LogP contribution is 2.28. The summed E-state index contributed by atoms with van der Waals surface area (Å²) in [6.07, 6.45) is 0. The van der Waals surface area contributed by atoms with Crippen LogP contribution in [0, 0.1) is 5.82 Å².